The van der Waals surface area contributed by atoms with Crippen LogP contribution in [-0.4, -0.2) is 15.1 Å². The first kappa shape index (κ1) is 12.8. The average Bonchev–Trinajstić information content (AvgIpc) is 2.98. The number of rotatable bonds is 3. The molecule has 104 valence electrons. The summed E-state index contributed by atoms with van der Waals surface area (Å²) in [6.07, 6.45) is 5.81. The van der Waals surface area contributed by atoms with Crippen molar-refractivity contribution in [1.29, 1.82) is 0 Å². The van der Waals surface area contributed by atoms with Crippen LogP contribution in [0.5, 0.6) is 0 Å². The molecule has 6 nitrogen and oxygen atoms in total. The van der Waals surface area contributed by atoms with Crippen molar-refractivity contribution in [1.82, 2.24) is 10.1 Å². The molecule has 0 aliphatic heterocycles. The van der Waals surface area contributed by atoms with E-state index in [0.717, 1.165) is 12.8 Å². The Balaban J connectivity index is 1.85. The van der Waals surface area contributed by atoms with E-state index in [9.17, 15) is 10.1 Å². The molecule has 0 atom stereocenters. The summed E-state index contributed by atoms with van der Waals surface area (Å²) < 4.78 is 5.33. The first-order chi connectivity index (χ1) is 9.74. The van der Waals surface area contributed by atoms with Gasteiger partial charge in [0, 0.05) is 23.6 Å². The van der Waals surface area contributed by atoms with Gasteiger partial charge in [0.15, 0.2) is 0 Å². The Kier molecular flexibility index (Phi) is 3.45. The van der Waals surface area contributed by atoms with E-state index < -0.39 is 4.92 Å². The Morgan fingerprint density at radius 2 is 2.05 bits per heavy atom. The summed E-state index contributed by atoms with van der Waals surface area (Å²) in [6, 6.07) is 6.30. The molecule has 0 unspecified atom stereocenters. The van der Waals surface area contributed by atoms with Crippen LogP contribution >= 0.6 is 0 Å². The van der Waals surface area contributed by atoms with E-state index in [0.29, 0.717) is 23.2 Å². The van der Waals surface area contributed by atoms with Gasteiger partial charge in [-0.1, -0.05) is 36.6 Å². The van der Waals surface area contributed by atoms with Crippen LogP contribution in [0, 0.1) is 10.1 Å². The number of nitro groups is 1. The normalized spacial score (nSPS) is 16.2. The molecule has 0 bridgehead atoms. The van der Waals surface area contributed by atoms with E-state index in [1.54, 1.807) is 12.1 Å². The lowest BCUT2D eigenvalue weighted by Crippen LogP contribution is -2.04. The molecular weight excluding hydrogens is 258 g/mol. The van der Waals surface area contributed by atoms with Crippen LogP contribution in [0.3, 0.4) is 0 Å². The summed E-state index contributed by atoms with van der Waals surface area (Å²) in [7, 11) is 0. The van der Waals surface area contributed by atoms with Gasteiger partial charge in [-0.25, -0.2) is 0 Å². The van der Waals surface area contributed by atoms with Gasteiger partial charge in [-0.2, -0.15) is 4.98 Å². The number of hydrogen-bond donors (Lipinski definition) is 0. The third kappa shape index (κ3) is 2.54. The molecule has 1 saturated carbocycles. The highest BCUT2D eigenvalue weighted by atomic mass is 16.6. The van der Waals surface area contributed by atoms with Crippen LogP contribution in [0.4, 0.5) is 5.69 Å². The van der Waals surface area contributed by atoms with Crippen molar-refractivity contribution in [3.05, 3.63) is 40.3 Å². The number of nitrogens with zero attached hydrogens (tertiary/aromatic N) is 3. The molecule has 0 saturated heterocycles. The standard InChI is InChI=1S/C14H15N3O3/c18-17(19)12-8-4-7-11(9-12)13-15-14(20-16-13)10-5-2-1-3-6-10/h4,7-10H,1-3,5-6H2. The van der Waals surface area contributed by atoms with E-state index in [4.69, 9.17) is 4.52 Å². The second-order valence-electron chi connectivity index (χ2n) is 5.10. The zero-order chi connectivity index (χ0) is 13.9. The van der Waals surface area contributed by atoms with Gasteiger partial charge in [-0.3, -0.25) is 10.1 Å². The molecule has 0 amide bonds. The van der Waals surface area contributed by atoms with Crippen molar-refractivity contribution >= 4 is 5.69 Å². The lowest BCUT2D eigenvalue weighted by molar-refractivity contribution is -0.384. The van der Waals surface area contributed by atoms with Crippen LogP contribution in [0.25, 0.3) is 11.4 Å². The highest BCUT2D eigenvalue weighted by Crippen LogP contribution is 2.32. The smallest absolute Gasteiger partial charge is 0.270 e. The summed E-state index contributed by atoms with van der Waals surface area (Å²) in [6.45, 7) is 0. The number of non-ortho nitro benzene ring substituents is 1. The van der Waals surface area contributed by atoms with Crippen molar-refractivity contribution < 1.29 is 9.45 Å². The topological polar surface area (TPSA) is 82.1 Å². The molecular formula is C14H15N3O3. The Labute approximate surface area is 116 Å². The molecule has 1 fully saturated rings. The molecule has 1 aromatic carbocycles. The molecule has 1 aromatic heterocycles. The maximum Gasteiger partial charge on any atom is 0.270 e. The minimum atomic E-state index is -0.425. The van der Waals surface area contributed by atoms with Gasteiger partial charge in [0.1, 0.15) is 0 Å². The van der Waals surface area contributed by atoms with Crippen molar-refractivity contribution in [2.24, 2.45) is 0 Å². The third-order valence-corrected chi connectivity index (χ3v) is 3.71. The Bertz CT molecular complexity index is 618. The fraction of sp³-hybridized carbons (Fsp3) is 0.429. The predicted octanol–water partition coefficient (Wildman–Crippen LogP) is 3.69. The maximum atomic E-state index is 10.8. The van der Waals surface area contributed by atoms with Crippen molar-refractivity contribution in [2.75, 3.05) is 0 Å². The van der Waals surface area contributed by atoms with Gasteiger partial charge < -0.3 is 4.52 Å². The second kappa shape index (κ2) is 5.40. The van der Waals surface area contributed by atoms with Gasteiger partial charge in [0.2, 0.25) is 11.7 Å². The van der Waals surface area contributed by atoms with Gasteiger partial charge >= 0.3 is 0 Å². The van der Waals surface area contributed by atoms with Gasteiger partial charge in [0.05, 0.1) is 4.92 Å². The van der Waals surface area contributed by atoms with E-state index >= 15 is 0 Å². The van der Waals surface area contributed by atoms with Gasteiger partial charge in [-0.05, 0) is 12.8 Å². The SMILES string of the molecule is O=[N+]([O-])c1cccc(-c2noc(C3CCCCC3)n2)c1. The quantitative estimate of drug-likeness (QED) is 0.629. The van der Waals surface area contributed by atoms with Crippen molar-refractivity contribution in [3.8, 4) is 11.4 Å². The Morgan fingerprint density at radius 1 is 1.25 bits per heavy atom. The van der Waals surface area contributed by atoms with Crippen LogP contribution in [0.15, 0.2) is 28.8 Å². The lowest BCUT2D eigenvalue weighted by atomic mass is 9.89. The average molecular weight is 273 g/mol. The van der Waals surface area contributed by atoms with Crippen LogP contribution in [0.1, 0.15) is 43.9 Å². The summed E-state index contributed by atoms with van der Waals surface area (Å²) in [5.74, 6) is 1.42. The molecule has 6 heteroatoms. The number of benzene rings is 1. The molecule has 2 aromatic rings. The zero-order valence-corrected chi connectivity index (χ0v) is 11.0. The molecule has 0 spiro atoms. The molecule has 1 heterocycles. The Morgan fingerprint density at radius 3 is 2.80 bits per heavy atom. The summed E-state index contributed by atoms with van der Waals surface area (Å²) in [4.78, 5) is 14.8. The number of hydrogen-bond acceptors (Lipinski definition) is 5. The summed E-state index contributed by atoms with van der Waals surface area (Å²) in [5.41, 5.74) is 0.650. The lowest BCUT2D eigenvalue weighted by Gasteiger charge is -2.17. The number of aromatic nitrogens is 2. The fourth-order valence-corrected chi connectivity index (χ4v) is 2.63. The van der Waals surface area contributed by atoms with E-state index in [-0.39, 0.29) is 5.69 Å². The molecule has 3 rings (SSSR count). The fourth-order valence-electron chi connectivity index (χ4n) is 2.63. The van der Waals surface area contributed by atoms with Crippen LogP contribution in [0.2, 0.25) is 0 Å². The zero-order valence-electron chi connectivity index (χ0n) is 11.0. The minimum Gasteiger partial charge on any atom is -0.339 e. The van der Waals surface area contributed by atoms with Crippen molar-refractivity contribution in [3.63, 3.8) is 0 Å². The summed E-state index contributed by atoms with van der Waals surface area (Å²) in [5, 5.41) is 14.7. The van der Waals surface area contributed by atoms with E-state index in [2.05, 4.69) is 10.1 Å². The largest absolute Gasteiger partial charge is 0.339 e. The van der Waals surface area contributed by atoms with E-state index in [1.807, 2.05) is 0 Å². The highest BCUT2D eigenvalue weighted by molar-refractivity contribution is 5.58. The first-order valence-electron chi connectivity index (χ1n) is 6.82. The van der Waals surface area contributed by atoms with Crippen molar-refractivity contribution in [2.45, 2.75) is 38.0 Å². The van der Waals surface area contributed by atoms with Crippen LogP contribution in [-0.2, 0) is 0 Å². The second-order valence-corrected chi connectivity index (χ2v) is 5.10. The monoisotopic (exact) mass is 273 g/mol. The first-order valence-corrected chi connectivity index (χ1v) is 6.82. The van der Waals surface area contributed by atoms with Gasteiger partial charge in [0.25, 0.3) is 5.69 Å². The number of nitro benzene ring substituents is 1. The highest BCUT2D eigenvalue weighted by Gasteiger charge is 2.22. The Hall–Kier alpha value is -2.24. The third-order valence-electron chi connectivity index (χ3n) is 3.71. The molecule has 1 aliphatic carbocycles. The molecule has 20 heavy (non-hydrogen) atoms. The summed E-state index contributed by atoms with van der Waals surface area (Å²) >= 11 is 0. The minimum absolute atomic E-state index is 0.0338. The van der Waals surface area contributed by atoms with E-state index in [1.165, 1.54) is 31.4 Å². The predicted molar refractivity (Wildman–Crippen MR) is 72.2 cm³/mol. The maximum absolute atomic E-state index is 10.8. The molecule has 1 aliphatic rings. The van der Waals surface area contributed by atoms with Gasteiger partial charge in [-0.15, -0.1) is 0 Å². The molecule has 0 N–H and O–H groups in total. The molecule has 0 radical (unpaired) electrons. The van der Waals surface area contributed by atoms with Crippen LogP contribution < -0.4 is 0 Å².